The average Bonchev–Trinajstić information content (AvgIpc) is 1.48. The minimum Gasteiger partial charge on any atom is -0.760 e. The Bertz CT molecular complexity index is 174. The van der Waals surface area contributed by atoms with Gasteiger partial charge in [-0.25, -0.2) is 4.72 Å². The van der Waals surface area contributed by atoms with E-state index in [1.807, 2.05) is 0 Å². The molecule has 0 aliphatic heterocycles. The van der Waals surface area contributed by atoms with Gasteiger partial charge in [0.15, 0.2) is 0 Å². The summed E-state index contributed by atoms with van der Waals surface area (Å²) in [5.41, 5.74) is -1.47. The van der Waals surface area contributed by atoms with Gasteiger partial charge in [-0.15, -0.1) is 0 Å². The first kappa shape index (κ1) is 12.0. The molecule has 2 N–H and O–H groups in total. The lowest BCUT2D eigenvalue weighted by atomic mass is 9.91. The van der Waals surface area contributed by atoms with Crippen molar-refractivity contribution in [1.29, 1.82) is 0 Å². The Morgan fingerprint density at radius 3 is 2.08 bits per heavy atom. The summed E-state index contributed by atoms with van der Waals surface area (Å²) in [6.07, 6.45) is 0.369. The quantitative estimate of drug-likeness (QED) is 0.633. The van der Waals surface area contributed by atoms with E-state index < -0.39 is 22.4 Å². The molecule has 1 unspecified atom stereocenters. The fourth-order valence-electron chi connectivity index (χ4n) is 1.34. The molecular formula is C7H16NO3S-. The van der Waals surface area contributed by atoms with Crippen molar-refractivity contribution < 1.29 is 13.9 Å². The Balaban J connectivity index is 4.13. The van der Waals surface area contributed by atoms with Crippen LogP contribution in [-0.2, 0) is 11.3 Å². The monoisotopic (exact) mass is 194 g/mol. The zero-order valence-electron chi connectivity index (χ0n) is 7.88. The second kappa shape index (κ2) is 3.83. The first-order valence-electron chi connectivity index (χ1n) is 3.72. The molecule has 0 saturated heterocycles. The molecule has 5 heteroatoms. The molecule has 0 heterocycles. The lowest BCUT2D eigenvalue weighted by Gasteiger charge is -2.32. The number of hydrogen-bond acceptors (Lipinski definition) is 3. The van der Waals surface area contributed by atoms with Crippen LogP contribution in [0.5, 0.6) is 0 Å². The molecule has 0 aromatic heterocycles. The minimum atomic E-state index is -2.28. The smallest absolute Gasteiger partial charge is 0.0609 e. The highest BCUT2D eigenvalue weighted by Crippen LogP contribution is 2.19. The number of rotatable bonds is 4. The van der Waals surface area contributed by atoms with E-state index in [-0.39, 0.29) is 0 Å². The molecule has 0 aromatic rings. The van der Waals surface area contributed by atoms with Gasteiger partial charge in [-0.2, -0.15) is 0 Å². The zero-order valence-corrected chi connectivity index (χ0v) is 8.70. The summed E-state index contributed by atoms with van der Waals surface area (Å²) in [5, 5.41) is 9.43. The summed E-state index contributed by atoms with van der Waals surface area (Å²) in [6.45, 7) is 6.73. The van der Waals surface area contributed by atoms with Gasteiger partial charge in [0, 0.05) is 16.8 Å². The van der Waals surface area contributed by atoms with Crippen molar-refractivity contribution in [1.82, 2.24) is 4.72 Å². The van der Waals surface area contributed by atoms with Crippen LogP contribution in [0, 0.1) is 0 Å². The standard InChI is InChI=1S/C7H17NO3S/c1-6(2,8-12(10)11)5-7(3,4)9/h8-9H,5H2,1-4H3,(H,10,11)/p-1. The number of aliphatic hydroxyl groups is 1. The van der Waals surface area contributed by atoms with Gasteiger partial charge in [0.05, 0.1) is 5.60 Å². The molecule has 0 aliphatic rings. The minimum absolute atomic E-state index is 0.369. The largest absolute Gasteiger partial charge is 0.760 e. The van der Waals surface area contributed by atoms with E-state index in [4.69, 9.17) is 0 Å². The van der Waals surface area contributed by atoms with Gasteiger partial charge >= 0.3 is 0 Å². The van der Waals surface area contributed by atoms with Crippen molar-refractivity contribution in [2.45, 2.75) is 45.3 Å². The third-order valence-electron chi connectivity index (χ3n) is 1.23. The highest BCUT2D eigenvalue weighted by Gasteiger charge is 2.26. The lowest BCUT2D eigenvalue weighted by Crippen LogP contribution is -2.45. The Morgan fingerprint density at radius 1 is 1.42 bits per heavy atom. The van der Waals surface area contributed by atoms with Gasteiger partial charge in [-0.05, 0) is 34.1 Å². The molecule has 0 spiro atoms. The van der Waals surface area contributed by atoms with E-state index >= 15 is 0 Å². The SMILES string of the molecule is CC(C)(O)CC(C)(C)NS(=O)[O-]. The zero-order chi connectivity index (χ0) is 9.99. The van der Waals surface area contributed by atoms with E-state index in [1.165, 1.54) is 0 Å². The van der Waals surface area contributed by atoms with Gasteiger partial charge in [0.1, 0.15) is 0 Å². The molecular weight excluding hydrogens is 178 g/mol. The molecule has 1 atom stereocenters. The molecule has 0 aliphatic carbocycles. The maximum absolute atomic E-state index is 10.3. The van der Waals surface area contributed by atoms with Crippen molar-refractivity contribution in [2.75, 3.05) is 0 Å². The molecule has 4 nitrogen and oxygen atoms in total. The third-order valence-corrected chi connectivity index (χ3v) is 1.95. The number of hydrogen-bond donors (Lipinski definition) is 2. The Labute approximate surface area is 75.8 Å². The van der Waals surface area contributed by atoms with Crippen LogP contribution in [0.15, 0.2) is 0 Å². The van der Waals surface area contributed by atoms with E-state index in [2.05, 4.69) is 4.72 Å². The van der Waals surface area contributed by atoms with Crippen molar-refractivity contribution in [2.24, 2.45) is 0 Å². The van der Waals surface area contributed by atoms with Crippen LogP contribution in [0.3, 0.4) is 0 Å². The maximum atomic E-state index is 10.3. The highest BCUT2D eigenvalue weighted by molar-refractivity contribution is 7.77. The topological polar surface area (TPSA) is 72.4 Å². The van der Waals surface area contributed by atoms with Crippen LogP contribution < -0.4 is 4.72 Å². The molecule has 0 saturated carbocycles. The predicted molar refractivity (Wildman–Crippen MR) is 47.0 cm³/mol. The molecule has 0 bridgehead atoms. The Kier molecular flexibility index (Phi) is 3.84. The molecule has 0 radical (unpaired) electrons. The third kappa shape index (κ3) is 6.72. The summed E-state index contributed by atoms with van der Waals surface area (Å²) < 4.78 is 22.9. The van der Waals surface area contributed by atoms with E-state index in [9.17, 15) is 13.9 Å². The Hall–Kier alpha value is 0.0300. The highest BCUT2D eigenvalue weighted by atomic mass is 32.2. The maximum Gasteiger partial charge on any atom is 0.0609 e. The molecule has 0 rings (SSSR count). The van der Waals surface area contributed by atoms with Gasteiger partial charge in [0.2, 0.25) is 0 Å². The van der Waals surface area contributed by atoms with Crippen molar-refractivity contribution in [3.63, 3.8) is 0 Å². The molecule has 74 valence electrons. The predicted octanol–water partition coefficient (Wildman–Crippen LogP) is 0.310. The summed E-state index contributed by atoms with van der Waals surface area (Å²) in [7, 11) is 0. The summed E-state index contributed by atoms with van der Waals surface area (Å²) in [6, 6.07) is 0. The lowest BCUT2D eigenvalue weighted by molar-refractivity contribution is 0.0487. The normalized spacial score (nSPS) is 16.2. The van der Waals surface area contributed by atoms with Crippen molar-refractivity contribution >= 4 is 11.3 Å². The van der Waals surface area contributed by atoms with Crippen molar-refractivity contribution in [3.8, 4) is 0 Å². The summed E-state index contributed by atoms with van der Waals surface area (Å²) in [4.78, 5) is 0. The van der Waals surface area contributed by atoms with Crippen LogP contribution >= 0.6 is 0 Å². The van der Waals surface area contributed by atoms with Crippen LogP contribution in [0.1, 0.15) is 34.1 Å². The first-order chi connectivity index (χ1) is 5.12. The van der Waals surface area contributed by atoms with Gasteiger partial charge in [0.25, 0.3) is 0 Å². The molecule has 0 amide bonds. The molecule has 0 aromatic carbocycles. The van der Waals surface area contributed by atoms with Gasteiger partial charge in [-0.1, -0.05) is 0 Å². The van der Waals surface area contributed by atoms with E-state index in [0.717, 1.165) is 0 Å². The second-order valence-corrected chi connectivity index (χ2v) is 4.88. The summed E-state index contributed by atoms with van der Waals surface area (Å²) in [5.74, 6) is 0. The van der Waals surface area contributed by atoms with Crippen LogP contribution in [0.25, 0.3) is 0 Å². The van der Waals surface area contributed by atoms with Crippen molar-refractivity contribution in [3.05, 3.63) is 0 Å². The van der Waals surface area contributed by atoms with Crippen LogP contribution in [0.4, 0.5) is 0 Å². The fraction of sp³-hybridized carbons (Fsp3) is 1.00. The van der Waals surface area contributed by atoms with Crippen LogP contribution in [0.2, 0.25) is 0 Å². The second-order valence-electron chi connectivity index (χ2n) is 4.21. The first-order valence-corrected chi connectivity index (χ1v) is 4.79. The van der Waals surface area contributed by atoms with Crippen LogP contribution in [-0.4, -0.2) is 25.0 Å². The van der Waals surface area contributed by atoms with Gasteiger partial charge < -0.3 is 9.66 Å². The van der Waals surface area contributed by atoms with Gasteiger partial charge in [-0.3, -0.25) is 4.21 Å². The fourth-order valence-corrected chi connectivity index (χ4v) is 1.87. The summed E-state index contributed by atoms with van der Waals surface area (Å²) >= 11 is -2.28. The molecule has 0 fully saturated rings. The molecule has 12 heavy (non-hydrogen) atoms. The van der Waals surface area contributed by atoms with E-state index in [1.54, 1.807) is 27.7 Å². The number of nitrogens with one attached hydrogen (secondary N) is 1. The van der Waals surface area contributed by atoms with E-state index in [0.29, 0.717) is 6.42 Å². The Morgan fingerprint density at radius 2 is 1.83 bits per heavy atom. The average molecular weight is 194 g/mol.